The number of halogens is 1. The molecule has 0 radical (unpaired) electrons. The number of thioether (sulfide) groups is 1. The van der Waals surface area contributed by atoms with E-state index in [1.54, 1.807) is 48.5 Å². The van der Waals surface area contributed by atoms with Gasteiger partial charge in [-0.3, -0.25) is 19.3 Å². The SMILES string of the molecule is O=C(CN1C(=O)S/C(=C\c2cn(Cc3ccccc3F)c3ccccc23)C1=O)Nc1ccccc1. The molecule has 1 saturated heterocycles. The number of rotatable bonds is 6. The average molecular weight is 486 g/mol. The van der Waals surface area contributed by atoms with E-state index in [1.165, 1.54) is 6.07 Å². The average Bonchev–Trinajstić information content (AvgIpc) is 3.33. The number of imide groups is 1. The van der Waals surface area contributed by atoms with Crippen LogP contribution in [0.4, 0.5) is 14.9 Å². The second kappa shape index (κ2) is 9.60. The Labute approximate surface area is 205 Å². The fraction of sp³-hybridized carbons (Fsp3) is 0.0741. The Hall–Kier alpha value is -4.17. The molecule has 1 aliphatic rings. The van der Waals surface area contributed by atoms with E-state index in [2.05, 4.69) is 5.32 Å². The van der Waals surface area contributed by atoms with Gasteiger partial charge < -0.3 is 9.88 Å². The molecule has 2 heterocycles. The highest BCUT2D eigenvalue weighted by Gasteiger charge is 2.36. The highest BCUT2D eigenvalue weighted by molar-refractivity contribution is 8.18. The van der Waals surface area contributed by atoms with E-state index in [-0.39, 0.29) is 17.3 Å². The number of benzene rings is 3. The van der Waals surface area contributed by atoms with Crippen molar-refractivity contribution in [1.82, 2.24) is 9.47 Å². The number of carbonyl (C=O) groups is 3. The number of aromatic nitrogens is 1. The molecule has 3 amide bonds. The fourth-order valence-corrected chi connectivity index (χ4v) is 4.80. The van der Waals surface area contributed by atoms with Gasteiger partial charge in [0.05, 0.1) is 11.4 Å². The van der Waals surface area contributed by atoms with Crippen LogP contribution in [-0.2, 0) is 16.1 Å². The molecule has 0 unspecified atom stereocenters. The standard InChI is InChI=1S/C27H20FN3O3S/c28-22-12-6-4-8-18(22)15-30-16-19(21-11-5-7-13-23(21)30)14-24-26(33)31(27(34)35-24)17-25(32)29-20-9-2-1-3-10-20/h1-14,16H,15,17H2,(H,29,32)/b24-14-. The van der Waals surface area contributed by atoms with Gasteiger partial charge in [-0.15, -0.1) is 0 Å². The van der Waals surface area contributed by atoms with E-state index in [0.717, 1.165) is 33.1 Å². The van der Waals surface area contributed by atoms with E-state index in [1.807, 2.05) is 41.1 Å². The minimum Gasteiger partial charge on any atom is -0.342 e. The van der Waals surface area contributed by atoms with Crippen molar-refractivity contribution in [2.45, 2.75) is 6.54 Å². The minimum absolute atomic E-state index is 0.233. The summed E-state index contributed by atoms with van der Waals surface area (Å²) in [6.07, 6.45) is 3.49. The van der Waals surface area contributed by atoms with E-state index in [9.17, 15) is 18.8 Å². The first-order valence-electron chi connectivity index (χ1n) is 10.9. The number of nitrogens with one attached hydrogen (secondary N) is 1. The van der Waals surface area contributed by atoms with Crippen LogP contribution < -0.4 is 5.32 Å². The summed E-state index contributed by atoms with van der Waals surface area (Å²) in [4.78, 5) is 39.0. The van der Waals surface area contributed by atoms with Crippen LogP contribution in [0.2, 0.25) is 0 Å². The molecule has 0 spiro atoms. The van der Waals surface area contributed by atoms with Gasteiger partial charge in [0, 0.05) is 33.9 Å². The number of para-hydroxylation sites is 2. The van der Waals surface area contributed by atoms with Crippen molar-refractivity contribution >= 4 is 51.5 Å². The molecule has 35 heavy (non-hydrogen) atoms. The summed E-state index contributed by atoms with van der Waals surface area (Å²) in [5.41, 5.74) is 2.74. The molecule has 0 bridgehead atoms. The Kier molecular flexibility index (Phi) is 6.20. The number of carbonyl (C=O) groups excluding carboxylic acids is 3. The predicted molar refractivity (Wildman–Crippen MR) is 135 cm³/mol. The molecular weight excluding hydrogens is 465 g/mol. The van der Waals surface area contributed by atoms with E-state index in [4.69, 9.17) is 0 Å². The van der Waals surface area contributed by atoms with E-state index >= 15 is 0 Å². The lowest BCUT2D eigenvalue weighted by molar-refractivity contribution is -0.127. The predicted octanol–water partition coefficient (Wildman–Crippen LogP) is 5.50. The van der Waals surface area contributed by atoms with Crippen LogP contribution in [-0.4, -0.2) is 33.1 Å². The third kappa shape index (κ3) is 4.74. The summed E-state index contributed by atoms with van der Waals surface area (Å²) in [6.45, 7) is -0.0475. The largest absolute Gasteiger partial charge is 0.342 e. The van der Waals surface area contributed by atoms with Crippen LogP contribution in [0.3, 0.4) is 0 Å². The van der Waals surface area contributed by atoms with E-state index < -0.39 is 17.1 Å². The van der Waals surface area contributed by atoms with Gasteiger partial charge in [0.15, 0.2) is 0 Å². The van der Waals surface area contributed by atoms with Crippen molar-refractivity contribution in [3.63, 3.8) is 0 Å². The number of anilines is 1. The molecule has 174 valence electrons. The van der Waals surface area contributed by atoms with Crippen molar-refractivity contribution < 1.29 is 18.8 Å². The Morgan fingerprint density at radius 1 is 0.943 bits per heavy atom. The maximum absolute atomic E-state index is 14.2. The quantitative estimate of drug-likeness (QED) is 0.366. The summed E-state index contributed by atoms with van der Waals surface area (Å²) < 4.78 is 16.2. The molecule has 0 atom stereocenters. The van der Waals surface area contributed by atoms with Crippen LogP contribution in [0.1, 0.15) is 11.1 Å². The van der Waals surface area contributed by atoms with Crippen molar-refractivity contribution in [1.29, 1.82) is 0 Å². The van der Waals surface area contributed by atoms with Crippen LogP contribution in [0.15, 0.2) is 90.0 Å². The molecule has 1 aromatic heterocycles. The Morgan fingerprint density at radius 2 is 1.66 bits per heavy atom. The molecule has 1 aliphatic heterocycles. The third-order valence-electron chi connectivity index (χ3n) is 5.64. The topological polar surface area (TPSA) is 71.4 Å². The molecule has 5 rings (SSSR count). The van der Waals surface area contributed by atoms with Crippen LogP contribution in [0.5, 0.6) is 0 Å². The maximum Gasteiger partial charge on any atom is 0.294 e. The number of hydrogen-bond acceptors (Lipinski definition) is 4. The van der Waals surface area contributed by atoms with Crippen molar-refractivity contribution in [3.05, 3.63) is 107 Å². The Bertz CT molecular complexity index is 1480. The zero-order chi connectivity index (χ0) is 24.4. The monoisotopic (exact) mass is 485 g/mol. The number of nitrogens with zero attached hydrogens (tertiary/aromatic N) is 2. The first-order valence-corrected chi connectivity index (χ1v) is 11.7. The highest BCUT2D eigenvalue weighted by Crippen LogP contribution is 2.34. The molecule has 8 heteroatoms. The normalized spacial score (nSPS) is 14.8. The van der Waals surface area contributed by atoms with Gasteiger partial charge in [-0.1, -0.05) is 54.6 Å². The lowest BCUT2D eigenvalue weighted by Crippen LogP contribution is -2.36. The first-order chi connectivity index (χ1) is 17.0. The smallest absolute Gasteiger partial charge is 0.294 e. The van der Waals surface area contributed by atoms with Crippen molar-refractivity contribution in [2.75, 3.05) is 11.9 Å². The molecule has 1 N–H and O–H groups in total. The van der Waals surface area contributed by atoms with Gasteiger partial charge in [-0.2, -0.15) is 0 Å². The molecule has 0 aliphatic carbocycles. The van der Waals surface area contributed by atoms with Gasteiger partial charge in [-0.25, -0.2) is 4.39 Å². The van der Waals surface area contributed by atoms with Crippen molar-refractivity contribution in [2.24, 2.45) is 0 Å². The molecular formula is C27H20FN3O3S. The molecule has 6 nitrogen and oxygen atoms in total. The lowest BCUT2D eigenvalue weighted by Gasteiger charge is -2.12. The van der Waals surface area contributed by atoms with Gasteiger partial charge in [0.2, 0.25) is 5.91 Å². The Morgan fingerprint density at radius 3 is 2.46 bits per heavy atom. The van der Waals surface area contributed by atoms with Gasteiger partial charge in [0.25, 0.3) is 11.1 Å². The molecule has 3 aromatic carbocycles. The van der Waals surface area contributed by atoms with Crippen LogP contribution in [0.25, 0.3) is 17.0 Å². The molecule has 0 saturated carbocycles. The van der Waals surface area contributed by atoms with Crippen LogP contribution in [0, 0.1) is 5.82 Å². The third-order valence-corrected chi connectivity index (χ3v) is 6.54. The van der Waals surface area contributed by atoms with Gasteiger partial charge in [-0.05, 0) is 42.1 Å². The molecule has 4 aromatic rings. The second-order valence-electron chi connectivity index (χ2n) is 8.00. The van der Waals surface area contributed by atoms with Crippen LogP contribution >= 0.6 is 11.8 Å². The highest BCUT2D eigenvalue weighted by atomic mass is 32.2. The summed E-state index contributed by atoms with van der Waals surface area (Å²) >= 11 is 0.798. The lowest BCUT2D eigenvalue weighted by atomic mass is 10.1. The number of hydrogen-bond donors (Lipinski definition) is 1. The number of amides is 3. The van der Waals surface area contributed by atoms with Gasteiger partial charge in [0.1, 0.15) is 12.4 Å². The number of fused-ring (bicyclic) bond motifs is 1. The minimum atomic E-state index is -0.519. The fourth-order valence-electron chi connectivity index (χ4n) is 3.97. The zero-order valence-electron chi connectivity index (χ0n) is 18.5. The summed E-state index contributed by atoms with van der Waals surface area (Å²) in [6, 6.07) is 23.0. The summed E-state index contributed by atoms with van der Waals surface area (Å²) in [5, 5.41) is 3.05. The maximum atomic E-state index is 14.2. The molecule has 1 fully saturated rings. The zero-order valence-corrected chi connectivity index (χ0v) is 19.3. The Balaban J connectivity index is 1.39. The summed E-state index contributed by atoms with van der Waals surface area (Å²) in [7, 11) is 0. The first kappa shape index (κ1) is 22.6. The summed E-state index contributed by atoms with van der Waals surface area (Å²) in [5.74, 6) is -1.27. The van der Waals surface area contributed by atoms with Crippen molar-refractivity contribution in [3.8, 4) is 0 Å². The van der Waals surface area contributed by atoms with Gasteiger partial charge >= 0.3 is 0 Å². The van der Waals surface area contributed by atoms with E-state index in [0.29, 0.717) is 17.8 Å². The second-order valence-corrected chi connectivity index (χ2v) is 9.00.